The van der Waals surface area contributed by atoms with Crippen molar-refractivity contribution in [2.75, 3.05) is 0 Å². The predicted octanol–water partition coefficient (Wildman–Crippen LogP) is 1.18. The molecule has 0 aromatic heterocycles. The van der Waals surface area contributed by atoms with Gasteiger partial charge < -0.3 is 10.2 Å². The van der Waals surface area contributed by atoms with Crippen molar-refractivity contribution in [2.45, 2.75) is 31.8 Å². The first-order valence-corrected chi connectivity index (χ1v) is 4.23. The van der Waals surface area contributed by atoms with Crippen molar-refractivity contribution in [1.82, 2.24) is 0 Å². The van der Waals surface area contributed by atoms with Crippen molar-refractivity contribution < 1.29 is 15.0 Å². The summed E-state index contributed by atoms with van der Waals surface area (Å²) in [5, 5.41) is 17.7. The number of carboxylic acids is 1. The lowest BCUT2D eigenvalue weighted by molar-refractivity contribution is -0.139. The fourth-order valence-electron chi connectivity index (χ4n) is 1.54. The lowest BCUT2D eigenvalue weighted by atomic mass is 9.98. The second kappa shape index (κ2) is 4.26. The number of aliphatic hydroxyl groups excluding tert-OH is 1. The van der Waals surface area contributed by atoms with E-state index >= 15 is 0 Å². The van der Waals surface area contributed by atoms with Crippen LogP contribution in [0.15, 0.2) is 12.2 Å². The Morgan fingerprint density at radius 2 is 2.08 bits per heavy atom. The third-order valence-electron chi connectivity index (χ3n) is 2.12. The van der Waals surface area contributed by atoms with Gasteiger partial charge in [0.15, 0.2) is 0 Å². The van der Waals surface area contributed by atoms with Gasteiger partial charge in [-0.3, -0.25) is 4.79 Å². The van der Waals surface area contributed by atoms with E-state index in [0.29, 0.717) is 12.3 Å². The summed E-state index contributed by atoms with van der Waals surface area (Å²) >= 11 is 0. The Labute approximate surface area is 71.7 Å². The Morgan fingerprint density at radius 1 is 1.50 bits per heavy atom. The van der Waals surface area contributed by atoms with E-state index in [1.165, 1.54) is 0 Å². The van der Waals surface area contributed by atoms with Gasteiger partial charge >= 0.3 is 5.97 Å². The van der Waals surface area contributed by atoms with Gasteiger partial charge in [-0.25, -0.2) is 0 Å². The summed E-state index contributed by atoms with van der Waals surface area (Å²) in [6.07, 6.45) is 5.94. The lowest BCUT2D eigenvalue weighted by Gasteiger charge is -2.12. The molecule has 0 amide bonds. The maximum atomic E-state index is 10.2. The monoisotopic (exact) mass is 170 g/mol. The predicted molar refractivity (Wildman–Crippen MR) is 44.7 cm³/mol. The van der Waals surface area contributed by atoms with Gasteiger partial charge in [0.05, 0.1) is 12.5 Å². The van der Waals surface area contributed by atoms with Crippen LogP contribution in [0.5, 0.6) is 0 Å². The number of carboxylic acid groups (broad SMARTS) is 1. The van der Waals surface area contributed by atoms with Crippen LogP contribution in [-0.4, -0.2) is 22.3 Å². The second-order valence-electron chi connectivity index (χ2n) is 3.30. The molecule has 1 rings (SSSR count). The number of aliphatic hydroxyl groups is 1. The van der Waals surface area contributed by atoms with Gasteiger partial charge in [0, 0.05) is 0 Å². The van der Waals surface area contributed by atoms with E-state index in [4.69, 9.17) is 5.11 Å². The topological polar surface area (TPSA) is 57.5 Å². The highest BCUT2D eigenvalue weighted by Crippen LogP contribution is 2.23. The van der Waals surface area contributed by atoms with Crippen molar-refractivity contribution >= 4 is 5.97 Å². The smallest absolute Gasteiger partial charge is 0.305 e. The highest BCUT2D eigenvalue weighted by atomic mass is 16.4. The number of allylic oxidation sites excluding steroid dienone is 2. The number of hydrogen-bond acceptors (Lipinski definition) is 2. The fraction of sp³-hybridized carbons (Fsp3) is 0.667. The molecular formula is C9H14O3. The van der Waals surface area contributed by atoms with E-state index in [1.54, 1.807) is 0 Å². The van der Waals surface area contributed by atoms with Gasteiger partial charge in [0.2, 0.25) is 0 Å². The summed E-state index contributed by atoms with van der Waals surface area (Å²) in [7, 11) is 0. The SMILES string of the molecule is O=C(O)CC(O)CC1CC=CC1. The molecule has 0 bridgehead atoms. The summed E-state index contributed by atoms with van der Waals surface area (Å²) < 4.78 is 0. The fourth-order valence-corrected chi connectivity index (χ4v) is 1.54. The molecule has 2 N–H and O–H groups in total. The van der Waals surface area contributed by atoms with Crippen LogP contribution >= 0.6 is 0 Å². The molecule has 1 unspecified atom stereocenters. The molecule has 0 spiro atoms. The number of aliphatic carboxylic acids is 1. The van der Waals surface area contributed by atoms with E-state index in [0.717, 1.165) is 12.8 Å². The van der Waals surface area contributed by atoms with E-state index in [-0.39, 0.29) is 6.42 Å². The highest BCUT2D eigenvalue weighted by molar-refractivity contribution is 5.67. The normalized spacial score (nSPS) is 19.8. The van der Waals surface area contributed by atoms with Gasteiger partial charge in [-0.15, -0.1) is 0 Å². The van der Waals surface area contributed by atoms with Crippen LogP contribution < -0.4 is 0 Å². The second-order valence-corrected chi connectivity index (χ2v) is 3.30. The van der Waals surface area contributed by atoms with Crippen molar-refractivity contribution in [3.63, 3.8) is 0 Å². The van der Waals surface area contributed by atoms with E-state index in [9.17, 15) is 9.90 Å². The molecule has 0 saturated carbocycles. The molecule has 1 aliphatic carbocycles. The molecule has 0 aliphatic heterocycles. The molecule has 12 heavy (non-hydrogen) atoms. The van der Waals surface area contributed by atoms with Crippen LogP contribution in [0.1, 0.15) is 25.7 Å². The Hall–Kier alpha value is -0.830. The molecule has 1 atom stereocenters. The minimum absolute atomic E-state index is 0.128. The third kappa shape index (κ3) is 3.05. The van der Waals surface area contributed by atoms with Gasteiger partial charge in [-0.05, 0) is 25.2 Å². The summed E-state index contributed by atoms with van der Waals surface area (Å²) in [5.41, 5.74) is 0. The minimum atomic E-state index is -0.923. The first-order valence-electron chi connectivity index (χ1n) is 4.23. The first-order chi connectivity index (χ1) is 5.68. The molecular weight excluding hydrogens is 156 g/mol. The van der Waals surface area contributed by atoms with Gasteiger partial charge in [0.25, 0.3) is 0 Å². The van der Waals surface area contributed by atoms with Crippen molar-refractivity contribution in [3.05, 3.63) is 12.2 Å². The molecule has 0 heterocycles. The molecule has 3 nitrogen and oxygen atoms in total. The number of rotatable bonds is 4. The zero-order chi connectivity index (χ0) is 8.97. The average Bonchev–Trinajstić information content (AvgIpc) is 2.37. The lowest BCUT2D eigenvalue weighted by Crippen LogP contribution is -2.16. The van der Waals surface area contributed by atoms with Crippen LogP contribution in [0, 0.1) is 5.92 Å². The maximum absolute atomic E-state index is 10.2. The Bertz CT molecular complexity index is 178. The quantitative estimate of drug-likeness (QED) is 0.623. The number of hydrogen-bond donors (Lipinski definition) is 2. The standard InChI is InChI=1S/C9H14O3/c10-8(6-9(11)12)5-7-3-1-2-4-7/h1-2,7-8,10H,3-6H2,(H,11,12). The van der Waals surface area contributed by atoms with Gasteiger partial charge in [-0.2, -0.15) is 0 Å². The summed E-state index contributed by atoms with van der Waals surface area (Å²) in [6, 6.07) is 0. The summed E-state index contributed by atoms with van der Waals surface area (Å²) in [4.78, 5) is 10.2. The minimum Gasteiger partial charge on any atom is -0.481 e. The van der Waals surface area contributed by atoms with Crippen LogP contribution in [0.4, 0.5) is 0 Å². The van der Waals surface area contributed by atoms with Crippen LogP contribution in [0.25, 0.3) is 0 Å². The van der Waals surface area contributed by atoms with E-state index in [2.05, 4.69) is 12.2 Å². The van der Waals surface area contributed by atoms with Crippen molar-refractivity contribution in [1.29, 1.82) is 0 Å². The van der Waals surface area contributed by atoms with Gasteiger partial charge in [-0.1, -0.05) is 12.2 Å². The highest BCUT2D eigenvalue weighted by Gasteiger charge is 2.17. The largest absolute Gasteiger partial charge is 0.481 e. The van der Waals surface area contributed by atoms with E-state index in [1.807, 2.05) is 0 Å². The maximum Gasteiger partial charge on any atom is 0.305 e. The molecule has 0 fully saturated rings. The van der Waals surface area contributed by atoms with Crippen LogP contribution in [0.2, 0.25) is 0 Å². The average molecular weight is 170 g/mol. The molecule has 68 valence electrons. The molecule has 0 aromatic carbocycles. The first kappa shape index (κ1) is 9.26. The Kier molecular flexibility index (Phi) is 3.29. The Balaban J connectivity index is 2.17. The Morgan fingerprint density at radius 3 is 2.58 bits per heavy atom. The van der Waals surface area contributed by atoms with Gasteiger partial charge in [0.1, 0.15) is 0 Å². The molecule has 0 aromatic rings. The van der Waals surface area contributed by atoms with Crippen molar-refractivity contribution in [3.8, 4) is 0 Å². The van der Waals surface area contributed by atoms with E-state index < -0.39 is 12.1 Å². The number of carbonyl (C=O) groups is 1. The molecule has 0 saturated heterocycles. The molecule has 0 radical (unpaired) electrons. The van der Waals surface area contributed by atoms with Crippen LogP contribution in [0.3, 0.4) is 0 Å². The third-order valence-corrected chi connectivity index (χ3v) is 2.12. The van der Waals surface area contributed by atoms with Crippen molar-refractivity contribution in [2.24, 2.45) is 5.92 Å². The summed E-state index contributed by atoms with van der Waals surface area (Å²) in [6.45, 7) is 0. The molecule has 1 aliphatic rings. The zero-order valence-corrected chi connectivity index (χ0v) is 6.94. The summed E-state index contributed by atoms with van der Waals surface area (Å²) in [5.74, 6) is -0.465. The zero-order valence-electron chi connectivity index (χ0n) is 6.94. The van der Waals surface area contributed by atoms with Crippen LogP contribution in [-0.2, 0) is 4.79 Å². The molecule has 3 heteroatoms.